The summed E-state index contributed by atoms with van der Waals surface area (Å²) in [6.07, 6.45) is 0. The van der Waals surface area contributed by atoms with Crippen LogP contribution in [-0.2, 0) is 0 Å². The summed E-state index contributed by atoms with van der Waals surface area (Å²) >= 11 is 3.38. The number of carbonyl (C=O) groups is 1. The van der Waals surface area contributed by atoms with Crippen LogP contribution >= 0.6 is 15.9 Å². The lowest BCUT2D eigenvalue weighted by molar-refractivity contribution is 0.0697. The minimum Gasteiger partial charge on any atom is -0.495 e. The summed E-state index contributed by atoms with van der Waals surface area (Å²) in [5, 5.41) is 12.0. The Labute approximate surface area is 124 Å². The van der Waals surface area contributed by atoms with Crippen molar-refractivity contribution in [2.75, 3.05) is 18.2 Å². The van der Waals surface area contributed by atoms with Crippen LogP contribution in [0.1, 0.15) is 10.4 Å². The minimum atomic E-state index is -1.01. The molecule has 2 aromatic carbocycles. The largest absolute Gasteiger partial charge is 0.495 e. The molecular formula is C14H13BrN2O3. The number of ether oxygens (including phenoxy) is 1. The molecular weight excluding hydrogens is 324 g/mol. The van der Waals surface area contributed by atoms with Gasteiger partial charge in [0.05, 0.1) is 29.7 Å². The molecule has 0 bridgehead atoms. The molecule has 2 rings (SSSR count). The number of aromatic carboxylic acids is 1. The molecule has 0 aliphatic carbocycles. The summed E-state index contributed by atoms with van der Waals surface area (Å²) in [6.45, 7) is 0. The fraction of sp³-hybridized carbons (Fsp3) is 0.0714. The quantitative estimate of drug-likeness (QED) is 0.744. The van der Waals surface area contributed by atoms with Gasteiger partial charge in [-0.15, -0.1) is 0 Å². The van der Waals surface area contributed by atoms with Gasteiger partial charge in [-0.1, -0.05) is 15.9 Å². The van der Waals surface area contributed by atoms with Crippen molar-refractivity contribution in [3.8, 4) is 5.75 Å². The second-order valence-corrected chi connectivity index (χ2v) is 4.99. The Balaban J connectivity index is 2.35. The van der Waals surface area contributed by atoms with E-state index >= 15 is 0 Å². The van der Waals surface area contributed by atoms with Gasteiger partial charge < -0.3 is 20.9 Å². The van der Waals surface area contributed by atoms with Crippen molar-refractivity contribution in [3.63, 3.8) is 0 Å². The third kappa shape index (κ3) is 3.03. The van der Waals surface area contributed by atoms with E-state index in [-0.39, 0.29) is 5.56 Å². The number of anilines is 3. The van der Waals surface area contributed by atoms with E-state index in [1.165, 1.54) is 12.1 Å². The smallest absolute Gasteiger partial charge is 0.335 e. The maximum Gasteiger partial charge on any atom is 0.335 e. The second kappa shape index (κ2) is 5.83. The zero-order valence-electron chi connectivity index (χ0n) is 10.7. The van der Waals surface area contributed by atoms with Crippen LogP contribution in [0.2, 0.25) is 0 Å². The fourth-order valence-corrected chi connectivity index (χ4v) is 2.09. The lowest BCUT2D eigenvalue weighted by atomic mass is 10.1. The molecule has 0 aliphatic heterocycles. The molecule has 2 aromatic rings. The third-order valence-electron chi connectivity index (χ3n) is 2.73. The number of nitrogen functional groups attached to an aromatic ring is 1. The summed E-state index contributed by atoms with van der Waals surface area (Å²) in [6, 6.07) is 10.1. The first kappa shape index (κ1) is 14.2. The van der Waals surface area contributed by atoms with Gasteiger partial charge in [-0.05, 0) is 36.4 Å². The summed E-state index contributed by atoms with van der Waals surface area (Å²) in [4.78, 5) is 10.9. The van der Waals surface area contributed by atoms with Crippen LogP contribution in [0, 0.1) is 0 Å². The van der Waals surface area contributed by atoms with Gasteiger partial charge in [0, 0.05) is 4.47 Å². The van der Waals surface area contributed by atoms with Crippen molar-refractivity contribution in [1.82, 2.24) is 0 Å². The number of nitrogens with two attached hydrogens (primary N) is 1. The Kier molecular flexibility index (Phi) is 4.14. The molecule has 0 heterocycles. The number of carboxylic acids is 1. The molecule has 0 saturated heterocycles. The molecule has 104 valence electrons. The van der Waals surface area contributed by atoms with Crippen LogP contribution in [0.25, 0.3) is 0 Å². The van der Waals surface area contributed by atoms with Crippen LogP contribution in [0.4, 0.5) is 17.1 Å². The molecule has 0 aromatic heterocycles. The van der Waals surface area contributed by atoms with Crippen LogP contribution in [0.3, 0.4) is 0 Å². The standard InChI is InChI=1S/C14H13BrN2O3/c1-20-13-5-3-9(15)7-12(13)17-11-4-2-8(14(18)19)6-10(11)16/h2-7,17H,16H2,1H3,(H,18,19). The van der Waals surface area contributed by atoms with Gasteiger partial charge in [-0.25, -0.2) is 4.79 Å². The van der Waals surface area contributed by atoms with E-state index in [9.17, 15) is 4.79 Å². The summed E-state index contributed by atoms with van der Waals surface area (Å²) in [5.74, 6) is -0.349. The number of carboxylic acid groups (broad SMARTS) is 1. The number of benzene rings is 2. The van der Waals surface area contributed by atoms with E-state index in [2.05, 4.69) is 21.2 Å². The van der Waals surface area contributed by atoms with E-state index in [1.807, 2.05) is 18.2 Å². The summed E-state index contributed by atoms with van der Waals surface area (Å²) in [7, 11) is 1.57. The molecule has 20 heavy (non-hydrogen) atoms. The topological polar surface area (TPSA) is 84.6 Å². The van der Waals surface area contributed by atoms with Crippen LogP contribution in [0.5, 0.6) is 5.75 Å². The predicted octanol–water partition coefficient (Wildman–Crippen LogP) is 3.48. The molecule has 0 unspecified atom stereocenters. The lowest BCUT2D eigenvalue weighted by Crippen LogP contribution is -2.02. The predicted molar refractivity (Wildman–Crippen MR) is 81.8 cm³/mol. The van der Waals surface area contributed by atoms with Gasteiger partial charge in [0.2, 0.25) is 0 Å². The second-order valence-electron chi connectivity index (χ2n) is 4.08. The highest BCUT2D eigenvalue weighted by Crippen LogP contribution is 2.32. The molecule has 0 atom stereocenters. The molecule has 0 aliphatic rings. The lowest BCUT2D eigenvalue weighted by Gasteiger charge is -2.13. The number of rotatable bonds is 4. The molecule has 0 amide bonds. The van der Waals surface area contributed by atoms with Crippen molar-refractivity contribution in [2.45, 2.75) is 0 Å². The highest BCUT2D eigenvalue weighted by molar-refractivity contribution is 9.10. The first-order valence-corrected chi connectivity index (χ1v) is 6.54. The highest BCUT2D eigenvalue weighted by Gasteiger charge is 2.09. The first-order chi connectivity index (χ1) is 9.51. The molecule has 6 heteroatoms. The number of hydrogen-bond acceptors (Lipinski definition) is 4. The van der Waals surface area contributed by atoms with Gasteiger partial charge in [-0.2, -0.15) is 0 Å². The third-order valence-corrected chi connectivity index (χ3v) is 3.22. The van der Waals surface area contributed by atoms with Crippen LogP contribution in [-0.4, -0.2) is 18.2 Å². The molecule has 0 saturated carbocycles. The number of halogens is 1. The van der Waals surface area contributed by atoms with Gasteiger partial charge in [-0.3, -0.25) is 0 Å². The maximum absolute atomic E-state index is 10.9. The molecule has 5 nitrogen and oxygen atoms in total. The summed E-state index contributed by atoms with van der Waals surface area (Å²) in [5.41, 5.74) is 7.71. The van der Waals surface area contributed by atoms with Crippen molar-refractivity contribution < 1.29 is 14.6 Å². The summed E-state index contributed by atoms with van der Waals surface area (Å²) < 4.78 is 6.15. The first-order valence-electron chi connectivity index (χ1n) is 5.74. The average Bonchev–Trinajstić information content (AvgIpc) is 2.41. The fourth-order valence-electron chi connectivity index (χ4n) is 1.73. The number of nitrogens with one attached hydrogen (secondary N) is 1. The zero-order valence-corrected chi connectivity index (χ0v) is 12.3. The van der Waals surface area contributed by atoms with Gasteiger partial charge in [0.25, 0.3) is 0 Å². The Morgan fingerprint density at radius 3 is 2.60 bits per heavy atom. The monoisotopic (exact) mass is 336 g/mol. The van der Waals surface area contributed by atoms with E-state index in [0.29, 0.717) is 17.1 Å². The van der Waals surface area contributed by atoms with E-state index in [1.54, 1.807) is 13.2 Å². The van der Waals surface area contributed by atoms with Gasteiger partial charge >= 0.3 is 5.97 Å². The minimum absolute atomic E-state index is 0.147. The van der Waals surface area contributed by atoms with Crippen LogP contribution < -0.4 is 15.8 Å². The van der Waals surface area contributed by atoms with E-state index in [4.69, 9.17) is 15.6 Å². The Morgan fingerprint density at radius 2 is 2.00 bits per heavy atom. The molecule has 0 fully saturated rings. The van der Waals surface area contributed by atoms with E-state index in [0.717, 1.165) is 10.2 Å². The maximum atomic E-state index is 10.9. The van der Waals surface area contributed by atoms with Crippen LogP contribution in [0.15, 0.2) is 40.9 Å². The zero-order chi connectivity index (χ0) is 14.7. The van der Waals surface area contributed by atoms with Crippen molar-refractivity contribution in [3.05, 3.63) is 46.4 Å². The van der Waals surface area contributed by atoms with Crippen molar-refractivity contribution in [1.29, 1.82) is 0 Å². The average molecular weight is 337 g/mol. The van der Waals surface area contributed by atoms with E-state index < -0.39 is 5.97 Å². The Hall–Kier alpha value is -2.21. The molecule has 0 spiro atoms. The van der Waals surface area contributed by atoms with Gasteiger partial charge in [0.15, 0.2) is 0 Å². The number of methoxy groups -OCH3 is 1. The highest BCUT2D eigenvalue weighted by atomic mass is 79.9. The molecule has 4 N–H and O–H groups in total. The Bertz CT molecular complexity index is 659. The van der Waals surface area contributed by atoms with Crippen molar-refractivity contribution >= 4 is 39.0 Å². The van der Waals surface area contributed by atoms with Gasteiger partial charge in [0.1, 0.15) is 5.75 Å². The Morgan fingerprint density at radius 1 is 1.25 bits per heavy atom. The number of hydrogen-bond donors (Lipinski definition) is 3. The molecule has 0 radical (unpaired) electrons. The SMILES string of the molecule is COc1ccc(Br)cc1Nc1ccc(C(=O)O)cc1N. The van der Waals surface area contributed by atoms with Crippen molar-refractivity contribution in [2.24, 2.45) is 0 Å². The normalized spacial score (nSPS) is 10.1.